The topological polar surface area (TPSA) is 13.1 Å². The average molecular weight is 239 g/mol. The van der Waals surface area contributed by atoms with Gasteiger partial charge in [0.05, 0.1) is 11.6 Å². The molecule has 0 N–H and O–H groups in total. The number of hydrogen-bond donors (Lipinski definition) is 0. The Kier molecular flexibility index (Phi) is 3.30. The Labute approximate surface area is 98.8 Å². The van der Waals surface area contributed by atoms with Crippen LogP contribution in [-0.4, -0.2) is 0 Å². The van der Waals surface area contributed by atoms with Crippen molar-refractivity contribution in [3.8, 4) is 0 Å². The molecule has 1 heterocycles. The molecule has 0 fully saturated rings. The van der Waals surface area contributed by atoms with Crippen LogP contribution in [0.5, 0.6) is 0 Å². The molecule has 0 aliphatic heterocycles. The van der Waals surface area contributed by atoms with Crippen LogP contribution in [0.3, 0.4) is 0 Å². The van der Waals surface area contributed by atoms with Crippen molar-refractivity contribution >= 4 is 11.6 Å². The van der Waals surface area contributed by atoms with E-state index in [0.29, 0.717) is 0 Å². The van der Waals surface area contributed by atoms with E-state index in [9.17, 15) is 4.39 Å². The summed E-state index contributed by atoms with van der Waals surface area (Å²) in [5.41, 5.74) is 1.83. The first kappa shape index (κ1) is 11.2. The van der Waals surface area contributed by atoms with E-state index in [4.69, 9.17) is 16.0 Å². The fourth-order valence-corrected chi connectivity index (χ4v) is 2.01. The van der Waals surface area contributed by atoms with Crippen molar-refractivity contribution in [1.82, 2.24) is 0 Å². The summed E-state index contributed by atoms with van der Waals surface area (Å²) in [5.74, 6) is 0.625. The molecular weight excluding hydrogens is 227 g/mol. The minimum absolute atomic E-state index is 0.254. The Balaban J connectivity index is 2.31. The van der Waals surface area contributed by atoms with Gasteiger partial charge in [0.2, 0.25) is 0 Å². The highest BCUT2D eigenvalue weighted by Crippen LogP contribution is 2.32. The van der Waals surface area contributed by atoms with Crippen LogP contribution in [0.25, 0.3) is 0 Å². The number of alkyl halides is 1. The molecule has 0 saturated carbocycles. The Morgan fingerprint density at radius 2 is 1.94 bits per heavy atom. The smallest absolute Gasteiger partial charge is 0.123 e. The van der Waals surface area contributed by atoms with Crippen molar-refractivity contribution in [3.05, 3.63) is 59.3 Å². The van der Waals surface area contributed by atoms with Crippen LogP contribution in [-0.2, 0) is 6.42 Å². The van der Waals surface area contributed by atoms with Gasteiger partial charge < -0.3 is 4.42 Å². The molecule has 16 heavy (non-hydrogen) atoms. The maximum Gasteiger partial charge on any atom is 0.123 e. The Hall–Kier alpha value is -1.28. The molecule has 2 aromatic rings. The number of furan rings is 1. The Bertz CT molecular complexity index is 461. The summed E-state index contributed by atoms with van der Waals surface area (Å²) >= 11 is 6.33. The summed E-state index contributed by atoms with van der Waals surface area (Å²) in [6.07, 6.45) is 2.43. The molecule has 2 rings (SSSR count). The second-order valence-electron chi connectivity index (χ2n) is 3.57. The first-order valence-electron chi connectivity index (χ1n) is 5.18. The van der Waals surface area contributed by atoms with Gasteiger partial charge in [0, 0.05) is 12.0 Å². The van der Waals surface area contributed by atoms with E-state index >= 15 is 0 Å². The van der Waals surface area contributed by atoms with E-state index in [1.807, 2.05) is 13.0 Å². The first-order chi connectivity index (χ1) is 7.72. The maximum absolute atomic E-state index is 12.8. The van der Waals surface area contributed by atoms with Gasteiger partial charge in [-0.25, -0.2) is 4.39 Å². The van der Waals surface area contributed by atoms with Crippen LogP contribution in [0.1, 0.15) is 29.2 Å². The fourth-order valence-electron chi connectivity index (χ4n) is 1.68. The molecular formula is C13H12ClFO. The van der Waals surface area contributed by atoms with Gasteiger partial charge in [-0.3, -0.25) is 0 Å². The highest BCUT2D eigenvalue weighted by Gasteiger charge is 2.16. The summed E-state index contributed by atoms with van der Waals surface area (Å²) in [7, 11) is 0. The molecule has 1 unspecified atom stereocenters. The van der Waals surface area contributed by atoms with Crippen LogP contribution < -0.4 is 0 Å². The predicted molar refractivity (Wildman–Crippen MR) is 62.2 cm³/mol. The van der Waals surface area contributed by atoms with E-state index < -0.39 is 0 Å². The van der Waals surface area contributed by atoms with Crippen molar-refractivity contribution < 1.29 is 8.81 Å². The van der Waals surface area contributed by atoms with Gasteiger partial charge >= 0.3 is 0 Å². The molecule has 0 aliphatic rings. The lowest BCUT2D eigenvalue weighted by atomic mass is 10.0. The number of aryl methyl sites for hydroxylation is 1. The molecule has 1 aromatic carbocycles. The summed E-state index contributed by atoms with van der Waals surface area (Å²) in [6.45, 7) is 2.01. The summed E-state index contributed by atoms with van der Waals surface area (Å²) < 4.78 is 18.1. The largest absolute Gasteiger partial charge is 0.469 e. The molecule has 0 radical (unpaired) electrons. The van der Waals surface area contributed by atoms with Crippen molar-refractivity contribution in [2.24, 2.45) is 0 Å². The summed E-state index contributed by atoms with van der Waals surface area (Å²) in [6, 6.07) is 8.07. The molecule has 1 aromatic heterocycles. The number of benzene rings is 1. The van der Waals surface area contributed by atoms with Crippen LogP contribution >= 0.6 is 11.6 Å². The van der Waals surface area contributed by atoms with Crippen LogP contribution in [0, 0.1) is 5.82 Å². The highest BCUT2D eigenvalue weighted by molar-refractivity contribution is 6.22. The van der Waals surface area contributed by atoms with Crippen molar-refractivity contribution in [2.45, 2.75) is 18.7 Å². The normalized spacial score (nSPS) is 12.7. The Morgan fingerprint density at radius 3 is 2.56 bits per heavy atom. The zero-order chi connectivity index (χ0) is 11.5. The van der Waals surface area contributed by atoms with Crippen LogP contribution in [0.2, 0.25) is 0 Å². The van der Waals surface area contributed by atoms with Gasteiger partial charge in [-0.1, -0.05) is 19.1 Å². The molecule has 0 saturated heterocycles. The standard InChI is InChI=1S/C13H12ClFO/c1-2-12-11(7-8-16-12)13(14)9-3-5-10(15)6-4-9/h3-8,13H,2H2,1H3. The zero-order valence-corrected chi connectivity index (χ0v) is 9.67. The van der Waals surface area contributed by atoms with Gasteiger partial charge in [-0.05, 0) is 23.8 Å². The van der Waals surface area contributed by atoms with Crippen molar-refractivity contribution in [3.63, 3.8) is 0 Å². The minimum atomic E-state index is -0.283. The third kappa shape index (κ3) is 2.12. The van der Waals surface area contributed by atoms with Gasteiger partial charge in [-0.15, -0.1) is 11.6 Å². The third-order valence-corrected chi connectivity index (χ3v) is 3.02. The highest BCUT2D eigenvalue weighted by atomic mass is 35.5. The molecule has 0 bridgehead atoms. The molecule has 0 amide bonds. The summed E-state index contributed by atoms with van der Waals surface area (Å²) in [5, 5.41) is -0.283. The minimum Gasteiger partial charge on any atom is -0.469 e. The quantitative estimate of drug-likeness (QED) is 0.727. The second-order valence-corrected chi connectivity index (χ2v) is 4.00. The summed E-state index contributed by atoms with van der Waals surface area (Å²) in [4.78, 5) is 0. The predicted octanol–water partition coefficient (Wildman–Crippen LogP) is 4.31. The second kappa shape index (κ2) is 4.71. The van der Waals surface area contributed by atoms with E-state index in [0.717, 1.165) is 23.3 Å². The molecule has 84 valence electrons. The number of rotatable bonds is 3. The Morgan fingerprint density at radius 1 is 1.25 bits per heavy atom. The molecule has 0 spiro atoms. The van der Waals surface area contributed by atoms with Crippen LogP contribution in [0.15, 0.2) is 41.0 Å². The first-order valence-corrected chi connectivity index (χ1v) is 5.61. The maximum atomic E-state index is 12.8. The SMILES string of the molecule is CCc1occc1C(Cl)c1ccc(F)cc1. The van der Waals surface area contributed by atoms with Crippen molar-refractivity contribution in [1.29, 1.82) is 0 Å². The van der Waals surface area contributed by atoms with Gasteiger partial charge in [0.1, 0.15) is 11.6 Å². The number of hydrogen-bond acceptors (Lipinski definition) is 1. The number of halogens is 2. The lowest BCUT2D eigenvalue weighted by Gasteiger charge is -2.09. The third-order valence-electron chi connectivity index (χ3n) is 2.54. The van der Waals surface area contributed by atoms with E-state index in [-0.39, 0.29) is 11.2 Å². The monoisotopic (exact) mass is 238 g/mol. The van der Waals surface area contributed by atoms with Gasteiger partial charge in [-0.2, -0.15) is 0 Å². The van der Waals surface area contributed by atoms with Crippen molar-refractivity contribution in [2.75, 3.05) is 0 Å². The molecule has 1 atom stereocenters. The zero-order valence-electron chi connectivity index (χ0n) is 8.91. The van der Waals surface area contributed by atoms with E-state index in [1.165, 1.54) is 12.1 Å². The van der Waals surface area contributed by atoms with E-state index in [2.05, 4.69) is 0 Å². The molecule has 1 nitrogen and oxygen atoms in total. The molecule has 3 heteroatoms. The fraction of sp³-hybridized carbons (Fsp3) is 0.231. The molecule has 0 aliphatic carbocycles. The van der Waals surface area contributed by atoms with E-state index in [1.54, 1.807) is 18.4 Å². The van der Waals surface area contributed by atoms with Gasteiger partial charge in [0.25, 0.3) is 0 Å². The average Bonchev–Trinajstić information content (AvgIpc) is 2.77. The van der Waals surface area contributed by atoms with Gasteiger partial charge in [0.15, 0.2) is 0 Å². The lowest BCUT2D eigenvalue weighted by molar-refractivity contribution is 0.512. The van der Waals surface area contributed by atoms with Crippen LogP contribution in [0.4, 0.5) is 4.39 Å². The lowest BCUT2D eigenvalue weighted by Crippen LogP contribution is -1.95.